The molecule has 16 heteroatoms. The van der Waals surface area contributed by atoms with E-state index in [2.05, 4.69) is 92.9 Å². The summed E-state index contributed by atoms with van der Waals surface area (Å²) in [6.07, 6.45) is 0.603. The SMILES string of the molecule is CCOP(=O)(CC1C[C@@H]2O[C@@](C[C@H](CCC[C@]3(C#N)C[C@H]([C@H](CC)COCc4ccccc4)OC(C)(C)O3)O[Si](C)(C)C(C)(C)C)(OC)C[C@H](O[Si](C)(C)C(C)(C)C)[C@H]2C(O)O1)OCC. The molecule has 0 amide bonds. The Balaban J connectivity index is 1.63. The van der Waals surface area contributed by atoms with Crippen molar-refractivity contribution in [2.24, 2.45) is 11.8 Å². The van der Waals surface area contributed by atoms with Crippen LogP contribution in [0.25, 0.3) is 0 Å². The molecule has 2 unspecified atom stereocenters. The Hall–Kier alpha value is -1.07. The van der Waals surface area contributed by atoms with Crippen LogP contribution in [-0.4, -0.2) is 109 Å². The predicted molar refractivity (Wildman–Crippen MR) is 259 cm³/mol. The highest BCUT2D eigenvalue weighted by Gasteiger charge is 2.57. The van der Waals surface area contributed by atoms with E-state index in [0.29, 0.717) is 58.2 Å². The van der Waals surface area contributed by atoms with Crippen molar-refractivity contribution in [3.05, 3.63) is 35.9 Å². The lowest BCUT2D eigenvalue weighted by atomic mass is 9.80. The van der Waals surface area contributed by atoms with Crippen LogP contribution in [0.4, 0.5) is 0 Å². The first-order valence-corrected chi connectivity index (χ1v) is 31.9. The van der Waals surface area contributed by atoms with E-state index < -0.39 is 71.9 Å². The fraction of sp³-hybridized carbons (Fsp3) is 0.857. The van der Waals surface area contributed by atoms with Gasteiger partial charge in [-0.1, -0.05) is 78.8 Å². The second-order valence-electron chi connectivity index (χ2n) is 22.2. The Bertz CT molecular complexity index is 1710. The van der Waals surface area contributed by atoms with Crippen LogP contribution in [0, 0.1) is 23.2 Å². The highest BCUT2D eigenvalue weighted by molar-refractivity contribution is 7.53. The Labute approximate surface area is 395 Å². The van der Waals surface area contributed by atoms with Gasteiger partial charge in [-0.25, -0.2) is 0 Å². The Morgan fingerprint density at radius 3 is 2.14 bits per heavy atom. The van der Waals surface area contributed by atoms with E-state index in [1.807, 2.05) is 32.0 Å². The van der Waals surface area contributed by atoms with E-state index in [9.17, 15) is 14.9 Å². The van der Waals surface area contributed by atoms with E-state index in [-0.39, 0.29) is 47.6 Å². The number of hydrogen-bond donors (Lipinski definition) is 1. The molecule has 0 spiro atoms. The smallest absolute Gasteiger partial charge is 0.333 e. The van der Waals surface area contributed by atoms with E-state index in [4.69, 9.17) is 46.3 Å². The largest absolute Gasteiger partial charge is 0.414 e. The molecule has 13 nitrogen and oxygen atoms in total. The van der Waals surface area contributed by atoms with Crippen molar-refractivity contribution in [1.29, 1.82) is 5.26 Å². The molecule has 3 fully saturated rings. The molecule has 3 heterocycles. The fourth-order valence-electron chi connectivity index (χ4n) is 9.14. The number of nitriles is 1. The number of fused-ring (bicyclic) bond motifs is 1. The van der Waals surface area contributed by atoms with E-state index in [1.54, 1.807) is 21.0 Å². The molecule has 0 radical (unpaired) electrons. The molecule has 0 aliphatic carbocycles. The van der Waals surface area contributed by atoms with Crippen molar-refractivity contribution >= 4 is 24.2 Å². The zero-order chi connectivity index (χ0) is 48.7. The van der Waals surface area contributed by atoms with Gasteiger partial charge in [0.05, 0.1) is 75.1 Å². The Morgan fingerprint density at radius 1 is 0.954 bits per heavy atom. The molecule has 3 aliphatic rings. The summed E-state index contributed by atoms with van der Waals surface area (Å²) in [4.78, 5) is 0. The van der Waals surface area contributed by atoms with Gasteiger partial charge in [0, 0.05) is 38.7 Å². The van der Waals surface area contributed by atoms with Gasteiger partial charge < -0.3 is 51.4 Å². The molecule has 3 saturated heterocycles. The van der Waals surface area contributed by atoms with Crippen molar-refractivity contribution in [3.8, 4) is 6.07 Å². The summed E-state index contributed by atoms with van der Waals surface area (Å²) < 4.78 is 78.8. The Kier molecular flexibility index (Phi) is 19.8. The molecule has 1 aromatic carbocycles. The molecular weight excluding hydrogens is 882 g/mol. The molecule has 374 valence electrons. The van der Waals surface area contributed by atoms with Crippen LogP contribution in [0.3, 0.4) is 0 Å². The Morgan fingerprint density at radius 2 is 1.58 bits per heavy atom. The van der Waals surface area contributed by atoms with Gasteiger partial charge in [-0.15, -0.1) is 0 Å². The van der Waals surface area contributed by atoms with Gasteiger partial charge >= 0.3 is 7.60 Å². The van der Waals surface area contributed by atoms with E-state index in [1.165, 1.54) is 0 Å². The van der Waals surface area contributed by atoms with Gasteiger partial charge in [-0.05, 0) is 95.2 Å². The molecular formula is C49H88NO12PSi2. The molecule has 1 aromatic rings. The van der Waals surface area contributed by atoms with Crippen molar-refractivity contribution in [1.82, 2.24) is 0 Å². The normalized spacial score (nSPS) is 30.0. The first-order valence-electron chi connectivity index (χ1n) is 24.3. The number of nitrogens with zero attached hydrogens (tertiary/aromatic N) is 1. The van der Waals surface area contributed by atoms with Crippen molar-refractivity contribution in [2.75, 3.05) is 33.1 Å². The number of aliphatic hydroxyl groups is 1. The molecule has 4 rings (SSSR count). The predicted octanol–water partition coefficient (Wildman–Crippen LogP) is 11.5. The lowest BCUT2D eigenvalue weighted by Gasteiger charge is -2.55. The lowest BCUT2D eigenvalue weighted by molar-refractivity contribution is -0.352. The summed E-state index contributed by atoms with van der Waals surface area (Å²) in [7, 11) is -6.61. The summed E-state index contributed by atoms with van der Waals surface area (Å²) in [5.74, 6) is -2.57. The minimum absolute atomic E-state index is 0.0195. The van der Waals surface area contributed by atoms with E-state index in [0.717, 1.165) is 12.0 Å². The van der Waals surface area contributed by atoms with Gasteiger partial charge in [0.1, 0.15) is 0 Å². The zero-order valence-electron chi connectivity index (χ0n) is 43.0. The van der Waals surface area contributed by atoms with Crippen LogP contribution < -0.4 is 0 Å². The number of benzene rings is 1. The highest BCUT2D eigenvalue weighted by Crippen LogP contribution is 2.53. The average molecular weight is 970 g/mol. The van der Waals surface area contributed by atoms with Crippen LogP contribution in [0.15, 0.2) is 30.3 Å². The first kappa shape index (κ1) is 56.5. The molecule has 0 bridgehead atoms. The number of rotatable bonds is 23. The first-order chi connectivity index (χ1) is 30.1. The van der Waals surface area contributed by atoms with Crippen LogP contribution in [0.5, 0.6) is 0 Å². The maximum absolute atomic E-state index is 13.8. The van der Waals surface area contributed by atoms with Crippen molar-refractivity contribution in [2.45, 2.75) is 224 Å². The van der Waals surface area contributed by atoms with Crippen LogP contribution in [-0.2, 0) is 57.5 Å². The number of hydrogen-bond acceptors (Lipinski definition) is 13. The zero-order valence-corrected chi connectivity index (χ0v) is 45.9. The summed E-state index contributed by atoms with van der Waals surface area (Å²) in [6.45, 7) is 33.2. The summed E-state index contributed by atoms with van der Waals surface area (Å²) >= 11 is 0. The third-order valence-corrected chi connectivity index (χ3v) is 25.8. The van der Waals surface area contributed by atoms with Gasteiger partial charge in [-0.3, -0.25) is 4.57 Å². The number of methoxy groups -OCH3 is 1. The minimum Gasteiger partial charge on any atom is -0.414 e. The van der Waals surface area contributed by atoms with Crippen LogP contribution in [0.2, 0.25) is 36.3 Å². The van der Waals surface area contributed by atoms with Crippen LogP contribution in [0.1, 0.15) is 133 Å². The topological polar surface area (TPSA) is 153 Å². The number of ether oxygens (including phenoxy) is 6. The van der Waals surface area contributed by atoms with Gasteiger partial charge in [0.25, 0.3) is 0 Å². The summed E-state index contributed by atoms with van der Waals surface area (Å²) in [5.41, 5.74) is 0.0383. The molecule has 1 N–H and O–H groups in total. The number of aliphatic hydroxyl groups excluding tert-OH is 1. The quantitative estimate of drug-likeness (QED) is 0.0818. The molecule has 0 aromatic heterocycles. The summed E-state index contributed by atoms with van der Waals surface area (Å²) in [6, 6.07) is 12.8. The fourth-order valence-corrected chi connectivity index (χ4v) is 13.7. The van der Waals surface area contributed by atoms with Gasteiger partial charge in [0.2, 0.25) is 0 Å². The highest BCUT2D eigenvalue weighted by atomic mass is 31.2. The summed E-state index contributed by atoms with van der Waals surface area (Å²) in [5, 5.41) is 22.5. The average Bonchev–Trinajstić information content (AvgIpc) is 3.18. The third kappa shape index (κ3) is 15.2. The van der Waals surface area contributed by atoms with Gasteiger partial charge in [0.15, 0.2) is 40.1 Å². The second kappa shape index (κ2) is 22.8. The second-order valence-corrected chi connectivity index (χ2v) is 33.8. The maximum Gasteiger partial charge on any atom is 0.333 e. The molecule has 10 atom stereocenters. The minimum atomic E-state index is -3.51. The van der Waals surface area contributed by atoms with E-state index >= 15 is 0 Å². The molecule has 3 aliphatic heterocycles. The third-order valence-electron chi connectivity index (χ3n) is 14.6. The monoisotopic (exact) mass is 970 g/mol. The van der Waals surface area contributed by atoms with Crippen molar-refractivity contribution < 1.29 is 56.0 Å². The standard InChI is InChI=1S/C49H88NO12PSi2/c1-17-37(33-54-32-36-24-21-20-22-25-36)41-30-48(35-50,62-47(10,11)58-41)27-23-26-38(60-64(13,14)45(4,5)6)29-49(53-12)31-42(61-65(15,16)46(7,8)9)43-40(59-49)28-39(57-44(43)51)34-63(52,55-18-2)56-19-3/h20-22,24-25,37-44,51H,17-19,23,26-34H2,1-16H3/t37-,38+,39?,40+,41-,42+,43+,44?,48-,49-/m1/s1. The molecule has 65 heavy (non-hydrogen) atoms. The van der Waals surface area contributed by atoms with Crippen molar-refractivity contribution in [3.63, 3.8) is 0 Å². The molecule has 0 saturated carbocycles. The van der Waals surface area contributed by atoms with Gasteiger partial charge in [-0.2, -0.15) is 5.26 Å². The lowest BCUT2D eigenvalue weighted by Crippen LogP contribution is -2.63. The maximum atomic E-state index is 13.8. The van der Waals surface area contributed by atoms with Crippen LogP contribution >= 0.6 is 7.60 Å².